The Bertz CT molecular complexity index is 597. The van der Waals surface area contributed by atoms with Crippen molar-refractivity contribution in [1.29, 1.82) is 0 Å². The van der Waals surface area contributed by atoms with Gasteiger partial charge in [-0.05, 0) is 44.7 Å². The normalized spacial score (nSPS) is 23.6. The van der Waals surface area contributed by atoms with E-state index < -0.39 is 0 Å². The van der Waals surface area contributed by atoms with E-state index in [1.54, 1.807) is 0 Å². The maximum Gasteiger partial charge on any atom is 0.221 e. The van der Waals surface area contributed by atoms with Gasteiger partial charge in [-0.1, -0.05) is 37.5 Å². The van der Waals surface area contributed by atoms with Gasteiger partial charge in [0.1, 0.15) is 11.4 Å². The molecule has 0 aromatic heterocycles. The molecular weight excluding hydrogens is 336 g/mol. The molecule has 1 aromatic rings. The van der Waals surface area contributed by atoms with Gasteiger partial charge >= 0.3 is 0 Å². The number of halogens is 1. The summed E-state index contributed by atoms with van der Waals surface area (Å²) in [5.74, 6) is 1.00. The van der Waals surface area contributed by atoms with E-state index in [2.05, 4.69) is 25.2 Å². The van der Waals surface area contributed by atoms with E-state index in [4.69, 9.17) is 10.5 Å². The molecule has 1 unspecified atom stereocenters. The monoisotopic (exact) mass is 366 g/mol. The Kier molecular flexibility index (Phi) is 6.39. The van der Waals surface area contributed by atoms with Gasteiger partial charge in [-0.15, -0.1) is 12.4 Å². The van der Waals surface area contributed by atoms with Crippen molar-refractivity contribution in [3.05, 3.63) is 29.8 Å². The number of benzene rings is 1. The van der Waals surface area contributed by atoms with E-state index in [1.165, 1.54) is 19.3 Å². The van der Waals surface area contributed by atoms with Gasteiger partial charge in [-0.2, -0.15) is 0 Å². The van der Waals surface area contributed by atoms with Crippen molar-refractivity contribution >= 4 is 18.3 Å². The second-order valence-electron chi connectivity index (χ2n) is 8.17. The maximum atomic E-state index is 12.8. The number of amides is 1. The number of nitrogens with one attached hydrogen (secondary N) is 1. The summed E-state index contributed by atoms with van der Waals surface area (Å²) >= 11 is 0. The van der Waals surface area contributed by atoms with Gasteiger partial charge < -0.3 is 15.8 Å². The van der Waals surface area contributed by atoms with Crippen LogP contribution in [0.1, 0.15) is 70.4 Å². The number of para-hydroxylation sites is 1. The lowest BCUT2D eigenvalue weighted by Crippen LogP contribution is -2.43. The van der Waals surface area contributed by atoms with E-state index in [1.807, 2.05) is 18.2 Å². The smallest absolute Gasteiger partial charge is 0.221 e. The molecule has 1 heterocycles. The SMILES string of the molecule is CC1(C)CC(NC(=O)CC2(CN)CCCCC2)c2ccccc2O1.Cl. The first-order valence-electron chi connectivity index (χ1n) is 9.20. The van der Waals surface area contributed by atoms with Gasteiger partial charge in [-0.25, -0.2) is 0 Å². The number of carbonyl (C=O) groups excluding carboxylic acids is 1. The highest BCUT2D eigenvalue weighted by Crippen LogP contribution is 2.41. The fraction of sp³-hybridized carbons (Fsp3) is 0.650. The van der Waals surface area contributed by atoms with Crippen LogP contribution < -0.4 is 15.8 Å². The van der Waals surface area contributed by atoms with Crippen molar-refractivity contribution < 1.29 is 9.53 Å². The molecule has 0 spiro atoms. The lowest BCUT2D eigenvalue weighted by atomic mass is 9.71. The van der Waals surface area contributed by atoms with Crippen molar-refractivity contribution in [2.45, 2.75) is 70.4 Å². The molecule has 25 heavy (non-hydrogen) atoms. The third-order valence-corrected chi connectivity index (χ3v) is 5.59. The Labute approximate surface area is 157 Å². The first-order valence-corrected chi connectivity index (χ1v) is 9.20. The van der Waals surface area contributed by atoms with Gasteiger partial charge in [0.25, 0.3) is 0 Å². The molecule has 1 saturated carbocycles. The van der Waals surface area contributed by atoms with E-state index in [0.717, 1.165) is 30.6 Å². The number of hydrogen-bond acceptors (Lipinski definition) is 3. The minimum Gasteiger partial charge on any atom is -0.487 e. The number of carbonyl (C=O) groups is 1. The van der Waals surface area contributed by atoms with Gasteiger partial charge in [-0.3, -0.25) is 4.79 Å². The van der Waals surface area contributed by atoms with Gasteiger partial charge in [0.2, 0.25) is 5.91 Å². The van der Waals surface area contributed by atoms with Crippen LogP contribution in [-0.4, -0.2) is 18.1 Å². The third-order valence-electron chi connectivity index (χ3n) is 5.59. The molecule has 3 rings (SSSR count). The summed E-state index contributed by atoms with van der Waals surface area (Å²) in [5.41, 5.74) is 6.85. The summed E-state index contributed by atoms with van der Waals surface area (Å²) in [5, 5.41) is 3.26. The highest BCUT2D eigenvalue weighted by Gasteiger charge is 2.37. The van der Waals surface area contributed by atoms with E-state index >= 15 is 0 Å². The highest BCUT2D eigenvalue weighted by molar-refractivity contribution is 5.85. The molecule has 2 aliphatic rings. The van der Waals surface area contributed by atoms with Crippen LogP contribution in [0.4, 0.5) is 0 Å². The molecule has 1 aliphatic carbocycles. The predicted octanol–water partition coefficient (Wildman–Crippen LogP) is 4.13. The van der Waals surface area contributed by atoms with Crippen LogP contribution in [0, 0.1) is 5.41 Å². The van der Waals surface area contributed by atoms with Crippen molar-refractivity contribution in [3.63, 3.8) is 0 Å². The van der Waals surface area contributed by atoms with Crippen LogP contribution in [0.5, 0.6) is 5.75 Å². The Hall–Kier alpha value is -1.26. The summed E-state index contributed by atoms with van der Waals surface area (Å²) in [4.78, 5) is 12.8. The van der Waals surface area contributed by atoms with Crippen molar-refractivity contribution in [3.8, 4) is 5.75 Å². The molecule has 140 valence electrons. The van der Waals surface area contributed by atoms with Crippen molar-refractivity contribution in [2.75, 3.05) is 6.54 Å². The highest BCUT2D eigenvalue weighted by atomic mass is 35.5. The minimum absolute atomic E-state index is 0. The lowest BCUT2D eigenvalue weighted by molar-refractivity contribution is -0.125. The minimum atomic E-state index is -0.275. The molecule has 1 fully saturated rings. The predicted molar refractivity (Wildman–Crippen MR) is 103 cm³/mol. The summed E-state index contributed by atoms with van der Waals surface area (Å²) in [6.45, 7) is 4.76. The lowest BCUT2D eigenvalue weighted by Gasteiger charge is -2.39. The fourth-order valence-corrected chi connectivity index (χ4v) is 4.27. The van der Waals surface area contributed by atoms with Gasteiger partial charge in [0, 0.05) is 18.4 Å². The standard InChI is InChI=1S/C20H30N2O2.ClH/c1-19(2)12-16(15-8-4-5-9-17(15)24-19)22-18(23)13-20(14-21)10-6-3-7-11-20;/h4-5,8-9,16H,3,6-7,10-14,21H2,1-2H3,(H,22,23);1H. The van der Waals surface area contributed by atoms with Crippen LogP contribution in [0.3, 0.4) is 0 Å². The first-order chi connectivity index (χ1) is 11.4. The zero-order valence-corrected chi connectivity index (χ0v) is 16.2. The maximum absolute atomic E-state index is 12.8. The second kappa shape index (κ2) is 7.96. The molecule has 0 bridgehead atoms. The molecule has 1 amide bonds. The number of hydrogen-bond donors (Lipinski definition) is 2. The Morgan fingerprint density at radius 1 is 1.24 bits per heavy atom. The summed E-state index contributed by atoms with van der Waals surface area (Å²) in [6, 6.07) is 8.02. The summed E-state index contributed by atoms with van der Waals surface area (Å²) in [7, 11) is 0. The van der Waals surface area contributed by atoms with Crippen LogP contribution in [0.2, 0.25) is 0 Å². The van der Waals surface area contributed by atoms with E-state index in [9.17, 15) is 4.79 Å². The molecule has 1 atom stereocenters. The molecule has 4 nitrogen and oxygen atoms in total. The Morgan fingerprint density at radius 2 is 1.92 bits per heavy atom. The van der Waals surface area contributed by atoms with Crippen LogP contribution >= 0.6 is 12.4 Å². The molecule has 3 N–H and O–H groups in total. The third kappa shape index (κ3) is 4.68. The van der Waals surface area contributed by atoms with Crippen LogP contribution in [0.25, 0.3) is 0 Å². The van der Waals surface area contributed by atoms with Crippen LogP contribution in [0.15, 0.2) is 24.3 Å². The van der Waals surface area contributed by atoms with Gasteiger partial charge in [0.05, 0.1) is 6.04 Å². The van der Waals surface area contributed by atoms with Crippen molar-refractivity contribution in [2.24, 2.45) is 11.1 Å². The number of ether oxygens (including phenoxy) is 1. The average molecular weight is 367 g/mol. The quantitative estimate of drug-likeness (QED) is 0.842. The number of fused-ring (bicyclic) bond motifs is 1. The first kappa shape index (κ1) is 20.1. The van der Waals surface area contributed by atoms with E-state index in [-0.39, 0.29) is 35.4 Å². The fourth-order valence-electron chi connectivity index (χ4n) is 4.27. The number of rotatable bonds is 4. The van der Waals surface area contributed by atoms with E-state index in [0.29, 0.717) is 13.0 Å². The largest absolute Gasteiger partial charge is 0.487 e. The summed E-state index contributed by atoms with van der Waals surface area (Å²) in [6.07, 6.45) is 7.13. The summed E-state index contributed by atoms with van der Waals surface area (Å²) < 4.78 is 6.05. The molecule has 1 aromatic carbocycles. The van der Waals surface area contributed by atoms with Crippen molar-refractivity contribution in [1.82, 2.24) is 5.32 Å². The molecule has 0 radical (unpaired) electrons. The zero-order valence-electron chi connectivity index (χ0n) is 15.3. The van der Waals surface area contributed by atoms with Gasteiger partial charge in [0.15, 0.2) is 0 Å². The molecule has 0 saturated heterocycles. The molecule has 5 heteroatoms. The Balaban J connectivity index is 0.00000225. The second-order valence-corrected chi connectivity index (χ2v) is 8.17. The molecular formula is C20H31ClN2O2. The zero-order chi connectivity index (χ0) is 17.2. The number of nitrogens with two attached hydrogens (primary N) is 1. The average Bonchev–Trinajstić information content (AvgIpc) is 2.54. The molecule has 1 aliphatic heterocycles. The van der Waals surface area contributed by atoms with Crippen LogP contribution in [-0.2, 0) is 4.79 Å². The Morgan fingerprint density at radius 3 is 2.60 bits per heavy atom. The topological polar surface area (TPSA) is 64.4 Å².